The average molecular weight is 261 g/mol. The van der Waals surface area contributed by atoms with Crippen LogP contribution in [0.25, 0.3) is 0 Å². The molecule has 1 aliphatic heterocycles. The number of nitriles is 1. The van der Waals surface area contributed by atoms with Gasteiger partial charge in [-0.25, -0.2) is 0 Å². The summed E-state index contributed by atoms with van der Waals surface area (Å²) in [6, 6.07) is 6.36. The lowest BCUT2D eigenvalue weighted by Crippen LogP contribution is -2.10. The maximum Gasteiger partial charge on any atom is 0.293 e. The fourth-order valence-electron chi connectivity index (χ4n) is 2.12. The second-order valence-corrected chi connectivity index (χ2v) is 4.55. The monoisotopic (exact) mass is 261 g/mol. The van der Waals surface area contributed by atoms with E-state index in [1.807, 2.05) is 6.07 Å². The third-order valence-corrected chi connectivity index (χ3v) is 3.22. The maximum atomic E-state index is 10.9. The Morgan fingerprint density at radius 1 is 1.58 bits per heavy atom. The predicted molar refractivity (Wildman–Crippen MR) is 69.8 cm³/mol. The van der Waals surface area contributed by atoms with Gasteiger partial charge in [-0.1, -0.05) is 0 Å². The largest absolute Gasteiger partial charge is 0.381 e. The molecule has 1 heterocycles. The molecule has 19 heavy (non-hydrogen) atoms. The molecule has 6 nitrogen and oxygen atoms in total. The van der Waals surface area contributed by atoms with Crippen molar-refractivity contribution in [3.63, 3.8) is 0 Å². The molecule has 0 aromatic heterocycles. The van der Waals surface area contributed by atoms with Crippen molar-refractivity contribution < 1.29 is 9.66 Å². The van der Waals surface area contributed by atoms with E-state index in [1.165, 1.54) is 6.07 Å². The Labute approximate surface area is 111 Å². The maximum absolute atomic E-state index is 10.9. The minimum absolute atomic E-state index is 0.0540. The van der Waals surface area contributed by atoms with Gasteiger partial charge in [0.2, 0.25) is 0 Å². The summed E-state index contributed by atoms with van der Waals surface area (Å²) < 4.78 is 5.28. The van der Waals surface area contributed by atoms with E-state index in [2.05, 4.69) is 5.32 Å². The van der Waals surface area contributed by atoms with Crippen LogP contribution in [0.2, 0.25) is 0 Å². The van der Waals surface area contributed by atoms with E-state index < -0.39 is 4.92 Å². The average Bonchev–Trinajstić information content (AvgIpc) is 2.92. The molecular weight excluding hydrogens is 246 g/mol. The normalized spacial score (nSPS) is 17.9. The lowest BCUT2D eigenvalue weighted by molar-refractivity contribution is -0.384. The third-order valence-electron chi connectivity index (χ3n) is 3.22. The van der Waals surface area contributed by atoms with Crippen molar-refractivity contribution >= 4 is 11.4 Å². The number of anilines is 1. The number of hydrogen-bond donors (Lipinski definition) is 1. The quantitative estimate of drug-likeness (QED) is 0.649. The van der Waals surface area contributed by atoms with Gasteiger partial charge in [-0.2, -0.15) is 5.26 Å². The number of nitrogens with zero attached hydrogens (tertiary/aromatic N) is 2. The van der Waals surface area contributed by atoms with Gasteiger partial charge in [-0.05, 0) is 30.9 Å². The first-order valence-electron chi connectivity index (χ1n) is 6.21. The molecule has 1 saturated heterocycles. The highest BCUT2D eigenvalue weighted by Crippen LogP contribution is 2.26. The molecule has 2 rings (SSSR count). The highest BCUT2D eigenvalue weighted by molar-refractivity contribution is 5.63. The van der Waals surface area contributed by atoms with Crippen LogP contribution in [0.4, 0.5) is 11.4 Å². The van der Waals surface area contributed by atoms with Crippen LogP contribution in [-0.2, 0) is 4.74 Å². The summed E-state index contributed by atoms with van der Waals surface area (Å²) in [7, 11) is 0. The van der Waals surface area contributed by atoms with Gasteiger partial charge < -0.3 is 10.1 Å². The van der Waals surface area contributed by atoms with Crippen LogP contribution in [0.3, 0.4) is 0 Å². The highest BCUT2D eigenvalue weighted by atomic mass is 16.6. The number of nitro groups is 1. The van der Waals surface area contributed by atoms with Crippen LogP contribution in [0.5, 0.6) is 0 Å². The van der Waals surface area contributed by atoms with Crippen LogP contribution in [0, 0.1) is 27.4 Å². The van der Waals surface area contributed by atoms with Crippen LogP contribution in [-0.4, -0.2) is 24.7 Å². The first kappa shape index (κ1) is 13.3. The summed E-state index contributed by atoms with van der Waals surface area (Å²) in [6.07, 6.45) is 1.98. The Balaban J connectivity index is 1.98. The lowest BCUT2D eigenvalue weighted by atomic mass is 10.1. The number of nitro benzene ring substituents is 1. The minimum Gasteiger partial charge on any atom is -0.381 e. The molecule has 1 aromatic rings. The zero-order valence-electron chi connectivity index (χ0n) is 10.5. The molecule has 100 valence electrons. The molecule has 0 amide bonds. The summed E-state index contributed by atoms with van der Waals surface area (Å²) in [4.78, 5) is 10.5. The van der Waals surface area contributed by atoms with Gasteiger partial charge in [0.05, 0.1) is 16.6 Å². The molecule has 1 aliphatic rings. The highest BCUT2D eigenvalue weighted by Gasteiger charge is 2.17. The Morgan fingerprint density at radius 3 is 3.05 bits per heavy atom. The smallest absolute Gasteiger partial charge is 0.293 e. The van der Waals surface area contributed by atoms with Crippen molar-refractivity contribution in [3.05, 3.63) is 33.9 Å². The van der Waals surface area contributed by atoms with Gasteiger partial charge in [-0.15, -0.1) is 0 Å². The number of benzene rings is 1. The molecule has 1 N–H and O–H groups in total. The second-order valence-electron chi connectivity index (χ2n) is 4.55. The summed E-state index contributed by atoms with van der Waals surface area (Å²) in [5.74, 6) is 0.532. The van der Waals surface area contributed by atoms with Gasteiger partial charge in [0.1, 0.15) is 5.69 Å². The Morgan fingerprint density at radius 2 is 2.42 bits per heavy atom. The molecule has 0 saturated carbocycles. The molecule has 0 bridgehead atoms. The van der Waals surface area contributed by atoms with Crippen LogP contribution in [0.1, 0.15) is 18.4 Å². The number of ether oxygens (including phenoxy) is 1. The first-order valence-corrected chi connectivity index (χ1v) is 6.21. The molecule has 0 radical (unpaired) electrons. The second kappa shape index (κ2) is 6.16. The van der Waals surface area contributed by atoms with E-state index in [4.69, 9.17) is 10.00 Å². The summed E-state index contributed by atoms with van der Waals surface area (Å²) in [6.45, 7) is 2.25. The van der Waals surface area contributed by atoms with Gasteiger partial charge in [0.15, 0.2) is 0 Å². The minimum atomic E-state index is -0.470. The molecule has 1 aromatic carbocycles. The van der Waals surface area contributed by atoms with Gasteiger partial charge in [0.25, 0.3) is 5.69 Å². The summed E-state index contributed by atoms with van der Waals surface area (Å²) in [5, 5.41) is 22.8. The van der Waals surface area contributed by atoms with E-state index in [9.17, 15) is 10.1 Å². The van der Waals surface area contributed by atoms with E-state index >= 15 is 0 Å². The molecule has 1 atom stereocenters. The van der Waals surface area contributed by atoms with E-state index in [-0.39, 0.29) is 5.69 Å². The fourth-order valence-corrected chi connectivity index (χ4v) is 2.12. The van der Waals surface area contributed by atoms with Crippen LogP contribution < -0.4 is 5.32 Å². The first-order chi connectivity index (χ1) is 9.20. The van der Waals surface area contributed by atoms with Crippen molar-refractivity contribution in [1.82, 2.24) is 0 Å². The van der Waals surface area contributed by atoms with E-state index in [1.54, 1.807) is 12.1 Å². The fraction of sp³-hybridized carbons (Fsp3) is 0.462. The standard InChI is InChI=1S/C13H15N3O3/c14-8-11-1-2-12(13(7-11)16(17)18)15-5-3-10-4-6-19-9-10/h1-2,7,10,15H,3-6,9H2. The Bertz CT molecular complexity index is 504. The molecule has 0 aliphatic carbocycles. The van der Waals surface area contributed by atoms with Crippen molar-refractivity contribution in [3.8, 4) is 6.07 Å². The number of nitrogens with one attached hydrogen (secondary N) is 1. The Hall–Kier alpha value is -2.13. The molecule has 0 spiro atoms. The van der Waals surface area contributed by atoms with Gasteiger partial charge >= 0.3 is 0 Å². The summed E-state index contributed by atoms with van der Waals surface area (Å²) >= 11 is 0. The van der Waals surface area contributed by atoms with Crippen molar-refractivity contribution in [2.24, 2.45) is 5.92 Å². The number of rotatable bonds is 5. The third kappa shape index (κ3) is 3.42. The number of hydrogen-bond acceptors (Lipinski definition) is 5. The molecule has 6 heteroatoms. The Kier molecular flexibility index (Phi) is 4.31. The van der Waals surface area contributed by atoms with Crippen molar-refractivity contribution in [2.75, 3.05) is 25.1 Å². The van der Waals surface area contributed by atoms with E-state index in [0.29, 0.717) is 23.7 Å². The predicted octanol–water partition coefficient (Wildman–Crippen LogP) is 2.30. The summed E-state index contributed by atoms with van der Waals surface area (Å²) in [5.41, 5.74) is 0.700. The topological polar surface area (TPSA) is 88.2 Å². The van der Waals surface area contributed by atoms with Gasteiger partial charge in [-0.3, -0.25) is 10.1 Å². The van der Waals surface area contributed by atoms with Crippen LogP contribution >= 0.6 is 0 Å². The molecule has 1 fully saturated rings. The van der Waals surface area contributed by atoms with Crippen LogP contribution in [0.15, 0.2) is 18.2 Å². The van der Waals surface area contributed by atoms with Gasteiger partial charge in [0, 0.05) is 25.8 Å². The van der Waals surface area contributed by atoms with E-state index in [0.717, 1.165) is 26.1 Å². The lowest BCUT2D eigenvalue weighted by Gasteiger charge is -2.10. The molecular formula is C13H15N3O3. The zero-order valence-corrected chi connectivity index (χ0v) is 10.5. The van der Waals surface area contributed by atoms with Crippen molar-refractivity contribution in [2.45, 2.75) is 12.8 Å². The zero-order chi connectivity index (χ0) is 13.7. The SMILES string of the molecule is N#Cc1ccc(NCCC2CCOC2)c([N+](=O)[O-])c1. The van der Waals surface area contributed by atoms with Crippen molar-refractivity contribution in [1.29, 1.82) is 5.26 Å². The molecule has 1 unspecified atom stereocenters.